The molecule has 12 heteroatoms. The fourth-order valence-electron chi connectivity index (χ4n) is 5.97. The maximum Gasteiger partial charge on any atom is 0.410 e. The molecule has 1 aliphatic carbocycles. The number of rotatable bonds is 6. The standard InChI is InChI=1S/C29H41N7O5.C2H6.H2/c1-29(2,3)41-28(37)35-11-8-22(9-12-35)36-19-20(18-30-36)31-27-32-24-10-15-39-25(24)26(33-27)40-23-6-4-21(5-7-23)34-13-16-38-17-14-34;1-2;/h10,15,18-19,21-23H,4-9,11-14,16-17H2,1-3H3,(H,31,32,33);1-2H3;1H. The zero-order valence-electron chi connectivity index (χ0n) is 26.3. The molecule has 1 amide bonds. The van der Waals surface area contributed by atoms with E-state index in [2.05, 4.69) is 20.3 Å². The predicted octanol–water partition coefficient (Wildman–Crippen LogP) is 6.03. The van der Waals surface area contributed by atoms with Gasteiger partial charge in [-0.15, -0.1) is 0 Å². The summed E-state index contributed by atoms with van der Waals surface area (Å²) >= 11 is 0. The van der Waals surface area contributed by atoms with E-state index in [-0.39, 0.29) is 19.7 Å². The highest BCUT2D eigenvalue weighted by Gasteiger charge is 2.30. The van der Waals surface area contributed by atoms with Crippen molar-refractivity contribution in [3.05, 3.63) is 24.7 Å². The molecule has 0 radical (unpaired) electrons. The number of nitrogens with one attached hydrogen (secondary N) is 1. The van der Waals surface area contributed by atoms with Gasteiger partial charge >= 0.3 is 6.09 Å². The second-order valence-electron chi connectivity index (χ2n) is 12.2. The average molecular weight is 600 g/mol. The molecule has 5 heterocycles. The molecule has 43 heavy (non-hydrogen) atoms. The number of nitrogens with zero attached hydrogens (tertiary/aromatic N) is 6. The molecule has 238 valence electrons. The van der Waals surface area contributed by atoms with Gasteiger partial charge in [-0.3, -0.25) is 9.58 Å². The van der Waals surface area contributed by atoms with Crippen molar-refractivity contribution in [2.75, 3.05) is 44.7 Å². The number of hydrogen-bond donors (Lipinski definition) is 1. The molecule has 1 N–H and O–H groups in total. The molecular formula is C31H49N7O5. The van der Waals surface area contributed by atoms with E-state index in [9.17, 15) is 4.79 Å². The summed E-state index contributed by atoms with van der Waals surface area (Å²) in [5.41, 5.74) is 1.56. The van der Waals surface area contributed by atoms with E-state index in [0.29, 0.717) is 42.1 Å². The number of piperidine rings is 1. The summed E-state index contributed by atoms with van der Waals surface area (Å²) in [5, 5.41) is 7.88. The molecule has 3 aliphatic rings. The topological polar surface area (TPSA) is 120 Å². The molecule has 2 saturated heterocycles. The van der Waals surface area contributed by atoms with Crippen molar-refractivity contribution < 1.29 is 24.8 Å². The third-order valence-corrected chi connectivity index (χ3v) is 8.10. The minimum absolute atomic E-state index is 0. The Morgan fingerprint density at radius 2 is 1.72 bits per heavy atom. The van der Waals surface area contributed by atoms with Crippen LogP contribution in [0.2, 0.25) is 0 Å². The van der Waals surface area contributed by atoms with Gasteiger partial charge in [0, 0.05) is 45.9 Å². The first-order valence-corrected chi connectivity index (χ1v) is 15.8. The lowest BCUT2D eigenvalue weighted by Gasteiger charge is -2.38. The van der Waals surface area contributed by atoms with E-state index >= 15 is 0 Å². The lowest BCUT2D eigenvalue weighted by molar-refractivity contribution is -0.00133. The van der Waals surface area contributed by atoms with Gasteiger partial charge in [0.25, 0.3) is 5.88 Å². The highest BCUT2D eigenvalue weighted by atomic mass is 16.6. The maximum atomic E-state index is 12.4. The van der Waals surface area contributed by atoms with Crippen LogP contribution in [-0.2, 0) is 9.47 Å². The summed E-state index contributed by atoms with van der Waals surface area (Å²) in [6, 6.07) is 2.63. The van der Waals surface area contributed by atoms with Crippen molar-refractivity contribution in [3.8, 4) is 5.88 Å². The normalized spacial score (nSPS) is 22.1. The molecule has 6 rings (SSSR count). The summed E-state index contributed by atoms with van der Waals surface area (Å²) < 4.78 is 25.1. The van der Waals surface area contributed by atoms with Crippen LogP contribution in [0, 0.1) is 0 Å². The lowest BCUT2D eigenvalue weighted by atomic mass is 9.91. The highest BCUT2D eigenvalue weighted by molar-refractivity contribution is 5.79. The van der Waals surface area contributed by atoms with Gasteiger partial charge < -0.3 is 28.8 Å². The number of morpholine rings is 1. The molecule has 3 aromatic heterocycles. The second-order valence-corrected chi connectivity index (χ2v) is 12.2. The lowest BCUT2D eigenvalue weighted by Crippen LogP contribution is -2.46. The van der Waals surface area contributed by atoms with Crippen molar-refractivity contribution in [1.82, 2.24) is 29.5 Å². The van der Waals surface area contributed by atoms with Crippen molar-refractivity contribution in [2.45, 2.75) is 96.9 Å². The molecule has 12 nitrogen and oxygen atoms in total. The van der Waals surface area contributed by atoms with Crippen LogP contribution in [0.25, 0.3) is 11.1 Å². The monoisotopic (exact) mass is 599 g/mol. The number of furan rings is 1. The van der Waals surface area contributed by atoms with Gasteiger partial charge in [0.2, 0.25) is 11.5 Å². The van der Waals surface area contributed by atoms with E-state index in [1.54, 1.807) is 17.4 Å². The third-order valence-electron chi connectivity index (χ3n) is 8.10. The van der Waals surface area contributed by atoms with Crippen molar-refractivity contribution in [1.29, 1.82) is 0 Å². The number of amides is 1. The number of hydrogen-bond acceptors (Lipinski definition) is 10. The van der Waals surface area contributed by atoms with Crippen molar-refractivity contribution >= 4 is 28.8 Å². The Bertz CT molecular complexity index is 1320. The minimum atomic E-state index is -0.495. The first-order valence-electron chi connectivity index (χ1n) is 15.8. The van der Waals surface area contributed by atoms with Gasteiger partial charge in [0.15, 0.2) is 0 Å². The number of carbonyl (C=O) groups excluding carboxylic acids is 1. The van der Waals surface area contributed by atoms with Crippen LogP contribution in [0.5, 0.6) is 5.88 Å². The van der Waals surface area contributed by atoms with Gasteiger partial charge in [-0.05, 0) is 59.3 Å². The number of ether oxygens (including phenoxy) is 3. The average Bonchev–Trinajstić information content (AvgIpc) is 3.68. The minimum Gasteiger partial charge on any atom is -0.472 e. The van der Waals surface area contributed by atoms with E-state index in [1.165, 1.54) is 0 Å². The Morgan fingerprint density at radius 1 is 1.00 bits per heavy atom. The zero-order chi connectivity index (χ0) is 30.4. The van der Waals surface area contributed by atoms with Gasteiger partial charge in [0.1, 0.15) is 17.2 Å². The van der Waals surface area contributed by atoms with E-state index in [4.69, 9.17) is 23.6 Å². The Labute approximate surface area is 255 Å². The molecule has 0 spiro atoms. The highest BCUT2D eigenvalue weighted by Crippen LogP contribution is 2.32. The fourth-order valence-corrected chi connectivity index (χ4v) is 5.97. The zero-order valence-corrected chi connectivity index (χ0v) is 26.3. The molecule has 3 fully saturated rings. The molecule has 1 saturated carbocycles. The van der Waals surface area contributed by atoms with Gasteiger partial charge in [-0.1, -0.05) is 13.8 Å². The number of likely N-dealkylation sites (tertiary alicyclic amines) is 1. The molecule has 2 aliphatic heterocycles. The number of fused-ring (bicyclic) bond motifs is 1. The first-order chi connectivity index (χ1) is 20.8. The third kappa shape index (κ3) is 7.97. The molecular weight excluding hydrogens is 550 g/mol. The fraction of sp³-hybridized carbons (Fsp3) is 0.677. The molecule has 3 aromatic rings. The van der Waals surface area contributed by atoms with Crippen LogP contribution < -0.4 is 10.1 Å². The van der Waals surface area contributed by atoms with Crippen LogP contribution in [0.15, 0.2) is 29.1 Å². The van der Waals surface area contributed by atoms with E-state index in [1.807, 2.05) is 51.6 Å². The quantitative estimate of drug-likeness (QED) is 0.360. The van der Waals surface area contributed by atoms with Crippen LogP contribution in [-0.4, -0.2) is 92.8 Å². The van der Waals surface area contributed by atoms with Crippen molar-refractivity contribution in [3.63, 3.8) is 0 Å². The summed E-state index contributed by atoms with van der Waals surface area (Å²) in [6.45, 7) is 14.6. The molecule has 0 atom stereocenters. The van der Waals surface area contributed by atoms with Gasteiger partial charge in [0.05, 0.1) is 37.4 Å². The Kier molecular flexibility index (Phi) is 10.1. The molecule has 0 aromatic carbocycles. The van der Waals surface area contributed by atoms with E-state index < -0.39 is 5.60 Å². The summed E-state index contributed by atoms with van der Waals surface area (Å²) in [4.78, 5) is 26.1. The van der Waals surface area contributed by atoms with Crippen LogP contribution in [0.4, 0.5) is 16.4 Å². The number of carbonyl (C=O) groups is 1. The molecule has 0 unspecified atom stereocenters. The maximum absolute atomic E-state index is 12.4. The number of aromatic nitrogens is 4. The van der Waals surface area contributed by atoms with Crippen LogP contribution in [0.1, 0.15) is 80.6 Å². The molecule has 0 bridgehead atoms. The summed E-state index contributed by atoms with van der Waals surface area (Å²) in [6.07, 6.45) is 11.0. The SMILES string of the molecule is CC.CC(C)(C)OC(=O)N1CCC(n2cc(Nc3nc(OC4CCC(N5CCOCC5)CC4)c4occc4n3)cn2)CC1.[HH]. The smallest absolute Gasteiger partial charge is 0.410 e. The van der Waals surface area contributed by atoms with Crippen molar-refractivity contribution in [2.24, 2.45) is 0 Å². The first kappa shape index (κ1) is 31.1. The Morgan fingerprint density at radius 3 is 2.42 bits per heavy atom. The largest absolute Gasteiger partial charge is 0.472 e. The van der Waals surface area contributed by atoms with Crippen LogP contribution >= 0.6 is 0 Å². The van der Waals surface area contributed by atoms with Crippen LogP contribution in [0.3, 0.4) is 0 Å². The Balaban J connectivity index is 0.00000144. The van der Waals surface area contributed by atoms with Gasteiger partial charge in [-0.25, -0.2) is 9.78 Å². The predicted molar refractivity (Wildman–Crippen MR) is 166 cm³/mol. The second kappa shape index (κ2) is 13.9. The Hall–Kier alpha value is -3.38. The number of anilines is 2. The summed E-state index contributed by atoms with van der Waals surface area (Å²) in [5.74, 6) is 0.912. The van der Waals surface area contributed by atoms with E-state index in [0.717, 1.165) is 70.5 Å². The summed E-state index contributed by atoms with van der Waals surface area (Å²) in [7, 11) is 0. The van der Waals surface area contributed by atoms with Gasteiger partial charge in [-0.2, -0.15) is 10.1 Å².